The second kappa shape index (κ2) is 7.23. The molecule has 2 aromatic rings. The first-order valence-corrected chi connectivity index (χ1v) is 6.76. The molecule has 2 rings (SSSR count). The maximum absolute atomic E-state index is 11.0. The number of halogens is 1. The average molecular weight is 297 g/mol. The maximum Gasteiger partial charge on any atom is 0.340 e. The topological polar surface area (TPSA) is 85.0 Å². The van der Waals surface area contributed by atoms with Crippen LogP contribution < -0.4 is 5.69 Å². The van der Waals surface area contributed by atoms with E-state index in [4.69, 9.17) is 16.7 Å². The summed E-state index contributed by atoms with van der Waals surface area (Å²) in [4.78, 5) is 15.8. The molecule has 1 aromatic carbocycles. The molecule has 3 N–H and O–H groups in total. The predicted molar refractivity (Wildman–Crippen MR) is 76.5 cm³/mol. The van der Waals surface area contributed by atoms with Gasteiger partial charge in [-0.3, -0.25) is 9.88 Å². The molecule has 0 saturated heterocycles. The summed E-state index contributed by atoms with van der Waals surface area (Å²) in [7, 11) is 0. The van der Waals surface area contributed by atoms with Gasteiger partial charge in [-0.25, -0.2) is 9.89 Å². The fraction of sp³-hybridized carbons (Fsp3) is 0.385. The number of aromatic nitrogens is 3. The molecule has 0 spiro atoms. The molecule has 0 aliphatic carbocycles. The molecule has 0 bridgehead atoms. The van der Waals surface area contributed by atoms with Gasteiger partial charge in [-0.2, -0.15) is 5.10 Å². The molecule has 0 aliphatic rings. The van der Waals surface area contributed by atoms with Crippen molar-refractivity contribution in [3.8, 4) is 0 Å². The average Bonchev–Trinajstić information content (AvgIpc) is 2.81. The van der Waals surface area contributed by atoms with Crippen LogP contribution in [0.1, 0.15) is 17.8 Å². The van der Waals surface area contributed by atoms with Gasteiger partial charge in [-0.1, -0.05) is 23.7 Å². The van der Waals surface area contributed by atoms with Crippen LogP contribution in [0.15, 0.2) is 29.1 Å². The van der Waals surface area contributed by atoms with Gasteiger partial charge in [0.2, 0.25) is 0 Å². The van der Waals surface area contributed by atoms with E-state index in [1.165, 1.54) is 0 Å². The minimum absolute atomic E-state index is 0.128. The molecule has 7 heteroatoms. The minimum Gasteiger partial charge on any atom is -0.396 e. The summed E-state index contributed by atoms with van der Waals surface area (Å²) in [6, 6.07) is 7.62. The van der Waals surface area contributed by atoms with Crippen LogP contribution in [0.4, 0.5) is 0 Å². The van der Waals surface area contributed by atoms with Gasteiger partial charge in [0.05, 0.1) is 6.54 Å². The summed E-state index contributed by atoms with van der Waals surface area (Å²) in [6.07, 6.45) is 0.662. The normalized spacial score (nSPS) is 11.2. The number of benzene rings is 1. The summed E-state index contributed by atoms with van der Waals surface area (Å²) < 4.78 is 0. The number of H-pyrrole nitrogens is 2. The number of hydrogen-bond donors (Lipinski definition) is 3. The minimum atomic E-state index is -0.315. The Morgan fingerprint density at radius 2 is 2.20 bits per heavy atom. The van der Waals surface area contributed by atoms with Crippen LogP contribution in [0.5, 0.6) is 0 Å². The third-order valence-electron chi connectivity index (χ3n) is 2.85. The van der Waals surface area contributed by atoms with Gasteiger partial charge in [0.1, 0.15) is 5.82 Å². The van der Waals surface area contributed by atoms with E-state index in [0.29, 0.717) is 36.9 Å². The van der Waals surface area contributed by atoms with Crippen molar-refractivity contribution in [2.24, 2.45) is 0 Å². The van der Waals surface area contributed by atoms with Crippen molar-refractivity contribution in [1.82, 2.24) is 20.1 Å². The number of nitrogens with one attached hydrogen (secondary N) is 2. The molecule has 0 fully saturated rings. The van der Waals surface area contributed by atoms with E-state index in [2.05, 4.69) is 20.1 Å². The molecular formula is C13H17ClN4O2. The Morgan fingerprint density at radius 3 is 2.85 bits per heavy atom. The first-order valence-electron chi connectivity index (χ1n) is 6.38. The van der Waals surface area contributed by atoms with E-state index in [-0.39, 0.29) is 12.3 Å². The van der Waals surface area contributed by atoms with E-state index < -0.39 is 0 Å². The Bertz CT molecular complexity index is 596. The number of nitrogens with zero attached hydrogens (tertiary/aromatic N) is 2. The molecule has 0 radical (unpaired) electrons. The zero-order valence-electron chi connectivity index (χ0n) is 11.0. The Labute approximate surface area is 121 Å². The molecule has 20 heavy (non-hydrogen) atoms. The third kappa shape index (κ3) is 4.48. The van der Waals surface area contributed by atoms with Gasteiger partial charge in [-0.15, -0.1) is 0 Å². The Morgan fingerprint density at radius 1 is 1.35 bits per heavy atom. The third-order valence-corrected chi connectivity index (χ3v) is 3.09. The van der Waals surface area contributed by atoms with E-state index in [1.54, 1.807) is 0 Å². The highest BCUT2D eigenvalue weighted by Crippen LogP contribution is 2.13. The second-order valence-corrected chi connectivity index (χ2v) is 4.98. The summed E-state index contributed by atoms with van der Waals surface area (Å²) in [6.45, 7) is 2.02. The first kappa shape index (κ1) is 14.8. The van der Waals surface area contributed by atoms with Crippen LogP contribution in [0, 0.1) is 0 Å². The molecule has 0 unspecified atom stereocenters. The van der Waals surface area contributed by atoms with Crippen molar-refractivity contribution in [2.45, 2.75) is 19.5 Å². The molecule has 0 atom stereocenters. The van der Waals surface area contributed by atoms with Crippen molar-refractivity contribution in [3.63, 3.8) is 0 Å². The quantitative estimate of drug-likeness (QED) is 0.715. The molecule has 0 saturated carbocycles. The van der Waals surface area contributed by atoms with Crippen LogP contribution in [0.25, 0.3) is 0 Å². The number of aromatic amines is 2. The van der Waals surface area contributed by atoms with E-state index in [0.717, 1.165) is 5.56 Å². The van der Waals surface area contributed by atoms with E-state index in [9.17, 15) is 4.79 Å². The second-order valence-electron chi connectivity index (χ2n) is 4.54. The lowest BCUT2D eigenvalue weighted by atomic mass is 10.2. The summed E-state index contributed by atoms with van der Waals surface area (Å²) in [5.74, 6) is 0.579. The van der Waals surface area contributed by atoms with Gasteiger partial charge in [0, 0.05) is 24.7 Å². The summed E-state index contributed by atoms with van der Waals surface area (Å²) in [5, 5.41) is 15.9. The summed E-state index contributed by atoms with van der Waals surface area (Å²) in [5.41, 5.74) is 0.762. The fourth-order valence-corrected chi connectivity index (χ4v) is 2.21. The largest absolute Gasteiger partial charge is 0.396 e. The van der Waals surface area contributed by atoms with Gasteiger partial charge in [0.25, 0.3) is 0 Å². The Hall–Kier alpha value is -1.63. The maximum atomic E-state index is 11.0. The van der Waals surface area contributed by atoms with Crippen molar-refractivity contribution in [1.29, 1.82) is 0 Å². The molecule has 1 heterocycles. The standard InChI is InChI=1S/C13H17ClN4O2/c14-11-4-1-3-10(7-11)8-18(5-2-6-19)9-12-15-13(20)17-16-12/h1,3-4,7,19H,2,5-6,8-9H2,(H2,15,16,17,20). The smallest absolute Gasteiger partial charge is 0.340 e. The predicted octanol–water partition coefficient (Wildman–Crippen LogP) is 1.14. The van der Waals surface area contributed by atoms with Crippen LogP contribution in [-0.2, 0) is 13.1 Å². The molecule has 0 aliphatic heterocycles. The van der Waals surface area contributed by atoms with Crippen LogP contribution >= 0.6 is 11.6 Å². The summed E-state index contributed by atoms with van der Waals surface area (Å²) >= 11 is 5.97. The molecule has 6 nitrogen and oxygen atoms in total. The van der Waals surface area contributed by atoms with Gasteiger partial charge in [0.15, 0.2) is 0 Å². The molecule has 0 amide bonds. The Kier molecular flexibility index (Phi) is 5.34. The molecule has 108 valence electrons. The zero-order valence-corrected chi connectivity index (χ0v) is 11.7. The van der Waals surface area contributed by atoms with E-state index in [1.807, 2.05) is 24.3 Å². The van der Waals surface area contributed by atoms with Crippen molar-refractivity contribution in [2.75, 3.05) is 13.2 Å². The highest BCUT2D eigenvalue weighted by Gasteiger charge is 2.09. The lowest BCUT2D eigenvalue weighted by Crippen LogP contribution is -2.25. The van der Waals surface area contributed by atoms with Crippen LogP contribution in [0.3, 0.4) is 0 Å². The Balaban J connectivity index is 2.04. The van der Waals surface area contributed by atoms with E-state index >= 15 is 0 Å². The zero-order chi connectivity index (χ0) is 14.4. The van der Waals surface area contributed by atoms with Gasteiger partial charge in [-0.05, 0) is 24.1 Å². The molecular weight excluding hydrogens is 280 g/mol. The number of aliphatic hydroxyl groups is 1. The number of rotatable bonds is 7. The highest BCUT2D eigenvalue weighted by molar-refractivity contribution is 6.30. The first-order chi connectivity index (χ1) is 9.67. The molecule has 1 aromatic heterocycles. The fourth-order valence-electron chi connectivity index (χ4n) is 1.99. The van der Waals surface area contributed by atoms with Crippen LogP contribution in [0.2, 0.25) is 5.02 Å². The van der Waals surface area contributed by atoms with Crippen molar-refractivity contribution < 1.29 is 5.11 Å². The lowest BCUT2D eigenvalue weighted by molar-refractivity contribution is 0.209. The highest BCUT2D eigenvalue weighted by atomic mass is 35.5. The number of aliphatic hydroxyl groups excluding tert-OH is 1. The lowest BCUT2D eigenvalue weighted by Gasteiger charge is -2.20. The van der Waals surface area contributed by atoms with Crippen molar-refractivity contribution >= 4 is 11.6 Å². The van der Waals surface area contributed by atoms with Crippen molar-refractivity contribution in [3.05, 3.63) is 51.2 Å². The van der Waals surface area contributed by atoms with Crippen LogP contribution in [-0.4, -0.2) is 38.3 Å². The SMILES string of the molecule is O=c1[nH]nc(CN(CCCO)Cc2cccc(Cl)c2)[nH]1. The number of hydrogen-bond acceptors (Lipinski definition) is 4. The monoisotopic (exact) mass is 296 g/mol. The van der Waals surface area contributed by atoms with Gasteiger partial charge >= 0.3 is 5.69 Å². The van der Waals surface area contributed by atoms with Gasteiger partial charge < -0.3 is 5.11 Å².